The molecule has 0 amide bonds. The van der Waals surface area contributed by atoms with Crippen LogP contribution in [0.5, 0.6) is 0 Å². The Labute approximate surface area is 86.3 Å². The number of benzene rings is 1. The normalized spacial score (nSPS) is 12.7. The number of anilines is 1. The predicted molar refractivity (Wildman–Crippen MR) is 62.0 cm³/mol. The Morgan fingerprint density at radius 3 is 2.36 bits per heavy atom. The van der Waals surface area contributed by atoms with Crippen LogP contribution in [0, 0.1) is 5.92 Å². The Hall–Kier alpha value is -1.02. The van der Waals surface area contributed by atoms with E-state index in [2.05, 4.69) is 19.1 Å². The fourth-order valence-corrected chi connectivity index (χ4v) is 1.67. The van der Waals surface area contributed by atoms with E-state index in [9.17, 15) is 0 Å². The molecule has 1 rings (SSSR count). The highest BCUT2D eigenvalue weighted by atomic mass is 14.5. The Bertz CT molecular complexity index is 254. The molecule has 0 aliphatic heterocycles. The van der Waals surface area contributed by atoms with Crippen LogP contribution in [0.2, 0.25) is 0 Å². The van der Waals surface area contributed by atoms with Gasteiger partial charge in [-0.1, -0.05) is 25.5 Å². The summed E-state index contributed by atoms with van der Waals surface area (Å²) in [5.74, 6) is 0.712. The van der Waals surface area contributed by atoms with Crippen LogP contribution >= 0.6 is 0 Å². The lowest BCUT2D eigenvalue weighted by atomic mass is 9.94. The average molecular weight is 192 g/mol. The lowest BCUT2D eigenvalue weighted by Crippen LogP contribution is -2.10. The third-order valence-corrected chi connectivity index (χ3v) is 2.66. The van der Waals surface area contributed by atoms with E-state index in [0.29, 0.717) is 5.92 Å². The van der Waals surface area contributed by atoms with Crippen molar-refractivity contribution in [1.82, 2.24) is 0 Å². The van der Waals surface area contributed by atoms with E-state index in [4.69, 9.17) is 11.5 Å². The molecule has 1 unspecified atom stereocenters. The minimum Gasteiger partial charge on any atom is -0.399 e. The minimum atomic E-state index is 0.712. The first-order valence-electron chi connectivity index (χ1n) is 5.30. The minimum absolute atomic E-state index is 0.712. The largest absolute Gasteiger partial charge is 0.399 e. The standard InChI is InChI=1S/C12H20N2/c1-2-10(7-8-13)9-11-3-5-12(14)6-4-11/h3-6,10H,2,7-9,13-14H2,1H3. The summed E-state index contributed by atoms with van der Waals surface area (Å²) in [6.07, 6.45) is 3.43. The molecular formula is C12H20N2. The monoisotopic (exact) mass is 192 g/mol. The smallest absolute Gasteiger partial charge is 0.0314 e. The van der Waals surface area contributed by atoms with Gasteiger partial charge < -0.3 is 11.5 Å². The van der Waals surface area contributed by atoms with Crippen LogP contribution in [0.1, 0.15) is 25.3 Å². The molecule has 0 saturated carbocycles. The molecular weight excluding hydrogens is 172 g/mol. The molecule has 4 N–H and O–H groups in total. The third kappa shape index (κ3) is 3.38. The molecule has 0 heterocycles. The molecule has 0 fully saturated rings. The second-order valence-corrected chi connectivity index (χ2v) is 3.80. The van der Waals surface area contributed by atoms with Gasteiger partial charge in [-0.3, -0.25) is 0 Å². The molecule has 14 heavy (non-hydrogen) atoms. The molecule has 0 aliphatic rings. The maximum absolute atomic E-state index is 5.63. The van der Waals surface area contributed by atoms with Crippen LogP contribution in [0.4, 0.5) is 5.69 Å². The summed E-state index contributed by atoms with van der Waals surface area (Å²) in [6, 6.07) is 8.14. The van der Waals surface area contributed by atoms with Crippen molar-refractivity contribution in [3.05, 3.63) is 29.8 Å². The van der Waals surface area contributed by atoms with Gasteiger partial charge in [0.05, 0.1) is 0 Å². The summed E-state index contributed by atoms with van der Waals surface area (Å²) >= 11 is 0. The van der Waals surface area contributed by atoms with Gasteiger partial charge in [-0.15, -0.1) is 0 Å². The van der Waals surface area contributed by atoms with E-state index in [1.165, 1.54) is 12.0 Å². The van der Waals surface area contributed by atoms with E-state index in [0.717, 1.165) is 25.1 Å². The molecule has 1 aromatic carbocycles. The lowest BCUT2D eigenvalue weighted by Gasteiger charge is -2.13. The second-order valence-electron chi connectivity index (χ2n) is 3.80. The van der Waals surface area contributed by atoms with E-state index < -0.39 is 0 Å². The van der Waals surface area contributed by atoms with E-state index in [1.54, 1.807) is 0 Å². The van der Waals surface area contributed by atoms with Gasteiger partial charge in [0.15, 0.2) is 0 Å². The number of hydrogen-bond donors (Lipinski definition) is 2. The second kappa shape index (κ2) is 5.66. The van der Waals surface area contributed by atoms with Crippen molar-refractivity contribution < 1.29 is 0 Å². The van der Waals surface area contributed by atoms with Gasteiger partial charge in [-0.05, 0) is 43.0 Å². The summed E-state index contributed by atoms with van der Waals surface area (Å²) in [5.41, 5.74) is 13.4. The van der Waals surface area contributed by atoms with Crippen molar-refractivity contribution in [2.45, 2.75) is 26.2 Å². The average Bonchev–Trinajstić information content (AvgIpc) is 2.20. The topological polar surface area (TPSA) is 52.0 Å². The van der Waals surface area contributed by atoms with Gasteiger partial charge >= 0.3 is 0 Å². The molecule has 2 heteroatoms. The zero-order valence-corrected chi connectivity index (χ0v) is 8.87. The van der Waals surface area contributed by atoms with Crippen molar-refractivity contribution in [3.63, 3.8) is 0 Å². The molecule has 1 aromatic rings. The van der Waals surface area contributed by atoms with Crippen molar-refractivity contribution in [2.75, 3.05) is 12.3 Å². The van der Waals surface area contributed by atoms with Crippen molar-refractivity contribution in [3.8, 4) is 0 Å². The summed E-state index contributed by atoms with van der Waals surface area (Å²) in [4.78, 5) is 0. The molecule has 1 atom stereocenters. The van der Waals surface area contributed by atoms with Crippen LogP contribution in [0.25, 0.3) is 0 Å². The number of nitrogen functional groups attached to an aromatic ring is 1. The molecule has 0 aromatic heterocycles. The first-order valence-corrected chi connectivity index (χ1v) is 5.30. The summed E-state index contributed by atoms with van der Waals surface area (Å²) in [5, 5.41) is 0. The Morgan fingerprint density at radius 1 is 1.21 bits per heavy atom. The van der Waals surface area contributed by atoms with E-state index >= 15 is 0 Å². The van der Waals surface area contributed by atoms with Gasteiger partial charge in [0.1, 0.15) is 0 Å². The number of hydrogen-bond acceptors (Lipinski definition) is 2. The molecule has 2 nitrogen and oxygen atoms in total. The van der Waals surface area contributed by atoms with Crippen LogP contribution in [0.3, 0.4) is 0 Å². The Morgan fingerprint density at radius 2 is 1.86 bits per heavy atom. The number of nitrogens with two attached hydrogens (primary N) is 2. The molecule has 0 saturated heterocycles. The molecule has 0 radical (unpaired) electrons. The third-order valence-electron chi connectivity index (χ3n) is 2.66. The maximum atomic E-state index is 5.63. The molecule has 0 spiro atoms. The first-order chi connectivity index (χ1) is 6.76. The van der Waals surface area contributed by atoms with Gasteiger partial charge in [-0.25, -0.2) is 0 Å². The fraction of sp³-hybridized carbons (Fsp3) is 0.500. The van der Waals surface area contributed by atoms with Crippen molar-refractivity contribution >= 4 is 5.69 Å². The van der Waals surface area contributed by atoms with Crippen LogP contribution in [0.15, 0.2) is 24.3 Å². The van der Waals surface area contributed by atoms with E-state index in [-0.39, 0.29) is 0 Å². The Kier molecular flexibility index (Phi) is 4.47. The van der Waals surface area contributed by atoms with Crippen LogP contribution < -0.4 is 11.5 Å². The summed E-state index contributed by atoms with van der Waals surface area (Å²) in [7, 11) is 0. The van der Waals surface area contributed by atoms with Gasteiger partial charge in [0.25, 0.3) is 0 Å². The fourth-order valence-electron chi connectivity index (χ4n) is 1.67. The summed E-state index contributed by atoms with van der Waals surface area (Å²) < 4.78 is 0. The van der Waals surface area contributed by atoms with Crippen LogP contribution in [-0.2, 0) is 6.42 Å². The SMILES string of the molecule is CCC(CCN)Cc1ccc(N)cc1. The van der Waals surface area contributed by atoms with Crippen LogP contribution in [-0.4, -0.2) is 6.54 Å². The number of rotatable bonds is 5. The highest BCUT2D eigenvalue weighted by molar-refractivity contribution is 5.39. The quantitative estimate of drug-likeness (QED) is 0.703. The van der Waals surface area contributed by atoms with Gasteiger partial charge in [0.2, 0.25) is 0 Å². The highest BCUT2D eigenvalue weighted by Crippen LogP contribution is 2.16. The zero-order chi connectivity index (χ0) is 10.4. The molecule has 0 aliphatic carbocycles. The molecule has 0 bridgehead atoms. The van der Waals surface area contributed by atoms with Gasteiger partial charge in [-0.2, -0.15) is 0 Å². The maximum Gasteiger partial charge on any atom is 0.0314 e. The van der Waals surface area contributed by atoms with Crippen molar-refractivity contribution in [2.24, 2.45) is 11.7 Å². The highest BCUT2D eigenvalue weighted by Gasteiger charge is 2.05. The zero-order valence-electron chi connectivity index (χ0n) is 8.87. The predicted octanol–water partition coefficient (Wildman–Crippen LogP) is 2.19. The first kappa shape index (κ1) is 11.1. The lowest BCUT2D eigenvalue weighted by molar-refractivity contribution is 0.475. The summed E-state index contributed by atoms with van der Waals surface area (Å²) in [6.45, 7) is 3.01. The Balaban J connectivity index is 2.53. The van der Waals surface area contributed by atoms with Crippen molar-refractivity contribution in [1.29, 1.82) is 0 Å². The van der Waals surface area contributed by atoms with E-state index in [1.807, 2.05) is 12.1 Å². The van der Waals surface area contributed by atoms with Gasteiger partial charge in [0, 0.05) is 5.69 Å². The molecule has 78 valence electrons.